The fourth-order valence-electron chi connectivity index (χ4n) is 8.25. The summed E-state index contributed by atoms with van der Waals surface area (Å²) in [6.45, 7) is 12.1. The fourth-order valence-corrected chi connectivity index (χ4v) is 8.25. The highest BCUT2D eigenvalue weighted by Gasteiger charge is 2.44. The number of amides is 6. The molecule has 2 aliphatic rings. The van der Waals surface area contributed by atoms with Gasteiger partial charge in [0, 0.05) is 31.9 Å². The minimum atomic E-state index is -0.940. The van der Waals surface area contributed by atoms with Gasteiger partial charge in [-0.3, -0.25) is 19.2 Å². The summed E-state index contributed by atoms with van der Waals surface area (Å²) in [4.78, 5) is 85.1. The molecular weight excluding hydrogens is 854 g/mol. The Bertz CT molecular complexity index is 2110. The van der Waals surface area contributed by atoms with Crippen LogP contribution in [-0.4, -0.2) is 111 Å². The monoisotopic (exact) mass is 917 g/mol. The van der Waals surface area contributed by atoms with Crippen LogP contribution < -0.4 is 35.6 Å². The van der Waals surface area contributed by atoms with Crippen LogP contribution in [0, 0.1) is 16.6 Å². The van der Waals surface area contributed by atoms with E-state index in [0.29, 0.717) is 67.3 Å². The lowest BCUT2D eigenvalue weighted by atomic mass is 9.85. The summed E-state index contributed by atoms with van der Waals surface area (Å²) in [6, 6.07) is 13.3. The smallest absolute Gasteiger partial charge is 0.407 e. The van der Waals surface area contributed by atoms with Gasteiger partial charge in [-0.15, -0.1) is 0 Å². The molecule has 358 valence electrons. The standard InChI is InChI=1S/C48H64FN7O10/c1-47(2,3)39(52-45(61)65-9)43(59)55-23-11-13-35(55)41(57)50-33-25-29(15-21-37(33)63-7)27-54(32-19-17-31(49)18-20-32)28-30-16-22-38(64-8)34(26-30)51-42(58)36-14-12-24-56(36)44(60)40(48(4,5)6)53-46(62)66-10/h15-22,25-26,35-36,39-40H,11-14,23-24,27-28H2,1-10H3,(H,50,57)(H,51,58)(H,52,61)(H,53,62)/t35-,36?,39+,40+/m0/s1. The molecule has 1 unspecified atom stereocenters. The van der Waals surface area contributed by atoms with Gasteiger partial charge in [-0.25, -0.2) is 14.0 Å². The third-order valence-electron chi connectivity index (χ3n) is 11.8. The van der Waals surface area contributed by atoms with Crippen molar-refractivity contribution in [2.24, 2.45) is 10.8 Å². The average Bonchev–Trinajstić information content (AvgIpc) is 3.98. The molecule has 0 aliphatic carbocycles. The predicted octanol–water partition coefficient (Wildman–Crippen LogP) is 6.45. The highest BCUT2D eigenvalue weighted by Crippen LogP contribution is 2.33. The van der Waals surface area contributed by atoms with Crippen molar-refractivity contribution < 1.29 is 52.1 Å². The molecule has 3 aromatic rings. The lowest BCUT2D eigenvalue weighted by Crippen LogP contribution is -2.57. The molecule has 0 bridgehead atoms. The highest BCUT2D eigenvalue weighted by atomic mass is 19.1. The van der Waals surface area contributed by atoms with Crippen LogP contribution >= 0.6 is 0 Å². The molecule has 6 amide bonds. The third-order valence-corrected chi connectivity index (χ3v) is 11.8. The molecule has 18 heteroatoms. The van der Waals surface area contributed by atoms with Crippen LogP contribution in [0.5, 0.6) is 11.5 Å². The second-order valence-electron chi connectivity index (χ2n) is 18.6. The number of likely N-dealkylation sites (tertiary alicyclic amines) is 2. The molecule has 4 atom stereocenters. The van der Waals surface area contributed by atoms with E-state index in [2.05, 4.69) is 21.3 Å². The summed E-state index contributed by atoms with van der Waals surface area (Å²) in [6.07, 6.45) is 0.518. The van der Waals surface area contributed by atoms with Crippen LogP contribution in [0.3, 0.4) is 0 Å². The van der Waals surface area contributed by atoms with Gasteiger partial charge in [0.15, 0.2) is 0 Å². The number of halogens is 1. The molecule has 3 aromatic carbocycles. The summed E-state index contributed by atoms with van der Waals surface area (Å²) in [7, 11) is 5.42. The van der Waals surface area contributed by atoms with E-state index in [1.54, 1.807) is 36.4 Å². The Morgan fingerprint density at radius 3 is 1.38 bits per heavy atom. The summed E-state index contributed by atoms with van der Waals surface area (Å²) in [5, 5.41) is 11.2. The van der Waals surface area contributed by atoms with Gasteiger partial charge in [-0.05, 0) is 96.2 Å². The molecule has 2 saturated heterocycles. The lowest BCUT2D eigenvalue weighted by Gasteiger charge is -2.35. The Labute approximate surface area is 386 Å². The normalized spacial score (nSPS) is 17.0. The van der Waals surface area contributed by atoms with E-state index in [1.165, 1.54) is 50.4 Å². The van der Waals surface area contributed by atoms with Gasteiger partial charge in [-0.1, -0.05) is 53.7 Å². The molecule has 4 N–H and O–H groups in total. The second-order valence-corrected chi connectivity index (χ2v) is 18.6. The van der Waals surface area contributed by atoms with Gasteiger partial charge < -0.3 is 54.9 Å². The highest BCUT2D eigenvalue weighted by molar-refractivity contribution is 6.01. The van der Waals surface area contributed by atoms with Crippen molar-refractivity contribution in [1.29, 1.82) is 0 Å². The number of hydrogen-bond donors (Lipinski definition) is 4. The number of carbonyl (C=O) groups is 6. The van der Waals surface area contributed by atoms with Crippen molar-refractivity contribution >= 4 is 52.9 Å². The SMILES string of the molecule is COC(=O)N[C@H](C(=O)N1CCCC1C(=O)Nc1cc(CN(Cc2ccc(OC)c(NC(=O)[C@@H]3CCCN3C(=O)[C@@H](NC(=O)OC)C(C)(C)C)c2)c2ccc(F)cc2)ccc1OC)C(C)(C)C. The zero-order valence-electron chi connectivity index (χ0n) is 39.5. The zero-order valence-corrected chi connectivity index (χ0v) is 39.5. The number of benzene rings is 3. The van der Waals surface area contributed by atoms with Gasteiger partial charge in [0.1, 0.15) is 41.5 Å². The molecule has 0 spiro atoms. The fraction of sp³-hybridized carbons (Fsp3) is 0.500. The minimum absolute atomic E-state index is 0.278. The Balaban J connectivity index is 1.38. The van der Waals surface area contributed by atoms with Gasteiger partial charge in [0.2, 0.25) is 23.6 Å². The van der Waals surface area contributed by atoms with Gasteiger partial charge in [0.25, 0.3) is 0 Å². The van der Waals surface area contributed by atoms with Crippen molar-refractivity contribution in [3.63, 3.8) is 0 Å². The molecular formula is C48H64FN7O10. The Kier molecular flexibility index (Phi) is 16.5. The first-order chi connectivity index (χ1) is 31.2. The van der Waals surface area contributed by atoms with E-state index in [1.807, 2.05) is 58.6 Å². The van der Waals surface area contributed by atoms with Crippen LogP contribution in [0.4, 0.5) is 31.0 Å². The molecule has 5 rings (SSSR count). The topological polar surface area (TPSA) is 197 Å². The quantitative estimate of drug-likeness (QED) is 0.131. The van der Waals surface area contributed by atoms with Crippen molar-refractivity contribution in [3.05, 3.63) is 77.6 Å². The van der Waals surface area contributed by atoms with Crippen LogP contribution in [-0.2, 0) is 41.7 Å². The van der Waals surface area contributed by atoms with Crippen LogP contribution in [0.15, 0.2) is 60.7 Å². The summed E-state index contributed by atoms with van der Waals surface area (Å²) >= 11 is 0. The molecule has 0 aromatic heterocycles. The maximum Gasteiger partial charge on any atom is 0.407 e. The van der Waals surface area contributed by atoms with Crippen molar-refractivity contribution in [3.8, 4) is 11.5 Å². The van der Waals surface area contributed by atoms with Crippen LogP contribution in [0.1, 0.15) is 78.4 Å². The largest absolute Gasteiger partial charge is 0.495 e. The third kappa shape index (κ3) is 12.4. The molecule has 2 heterocycles. The van der Waals surface area contributed by atoms with Gasteiger partial charge >= 0.3 is 12.2 Å². The molecule has 17 nitrogen and oxygen atoms in total. The van der Waals surface area contributed by atoms with E-state index in [0.717, 1.165) is 11.1 Å². The van der Waals surface area contributed by atoms with Gasteiger partial charge in [0.05, 0.1) is 39.8 Å². The number of methoxy groups -OCH3 is 4. The molecule has 0 radical (unpaired) electrons. The van der Waals surface area contributed by atoms with E-state index in [9.17, 15) is 33.2 Å². The zero-order chi connectivity index (χ0) is 48.5. The molecule has 2 aliphatic heterocycles. The maximum atomic E-state index is 14.3. The minimum Gasteiger partial charge on any atom is -0.495 e. The summed E-state index contributed by atoms with van der Waals surface area (Å²) in [5.74, 6) is -1.24. The van der Waals surface area contributed by atoms with Gasteiger partial charge in [-0.2, -0.15) is 0 Å². The molecule has 66 heavy (non-hydrogen) atoms. The second kappa shape index (κ2) is 21.6. The lowest BCUT2D eigenvalue weighted by molar-refractivity contribution is -0.140. The Hall–Kier alpha value is -6.59. The number of nitrogens with zero attached hydrogens (tertiary/aromatic N) is 3. The number of rotatable bonds is 15. The van der Waals surface area contributed by atoms with Crippen LogP contribution in [0.2, 0.25) is 0 Å². The van der Waals surface area contributed by atoms with Crippen LogP contribution in [0.25, 0.3) is 0 Å². The number of hydrogen-bond acceptors (Lipinski definition) is 11. The number of alkyl carbamates (subject to hydrolysis) is 2. The number of anilines is 3. The van der Waals surface area contributed by atoms with Crippen molar-refractivity contribution in [2.75, 3.05) is 57.1 Å². The van der Waals surface area contributed by atoms with Crippen molar-refractivity contribution in [2.45, 2.75) is 104 Å². The van der Waals surface area contributed by atoms with E-state index >= 15 is 0 Å². The molecule has 2 fully saturated rings. The van der Waals surface area contributed by atoms with E-state index in [-0.39, 0.29) is 13.1 Å². The molecule has 0 saturated carbocycles. The number of nitrogens with one attached hydrogen (secondary N) is 4. The summed E-state index contributed by atoms with van der Waals surface area (Å²) in [5.41, 5.74) is 1.60. The maximum absolute atomic E-state index is 14.3. The first kappa shape index (κ1) is 50.4. The van der Waals surface area contributed by atoms with Crippen molar-refractivity contribution in [1.82, 2.24) is 20.4 Å². The van der Waals surface area contributed by atoms with E-state index in [4.69, 9.17) is 18.9 Å². The predicted molar refractivity (Wildman–Crippen MR) is 247 cm³/mol. The number of ether oxygens (including phenoxy) is 4. The van der Waals surface area contributed by atoms with E-state index < -0.39 is 76.6 Å². The Morgan fingerprint density at radius 2 is 1.03 bits per heavy atom. The Morgan fingerprint density at radius 1 is 0.636 bits per heavy atom. The first-order valence-corrected chi connectivity index (χ1v) is 21.9. The summed E-state index contributed by atoms with van der Waals surface area (Å²) < 4.78 is 35.1. The average molecular weight is 918 g/mol. The first-order valence-electron chi connectivity index (χ1n) is 21.9. The number of carbonyl (C=O) groups excluding carboxylic acids is 6.